The second-order valence-corrected chi connectivity index (χ2v) is 8.10. The molecular weight excluding hydrogens is 364 g/mol. The largest absolute Gasteiger partial charge is 0.493 e. The van der Waals surface area contributed by atoms with Crippen LogP contribution in [0.2, 0.25) is 0 Å². The molecule has 29 heavy (non-hydrogen) atoms. The molecule has 2 aromatic rings. The van der Waals surface area contributed by atoms with Gasteiger partial charge in [-0.15, -0.1) is 0 Å². The number of methoxy groups -OCH3 is 2. The Labute approximate surface area is 173 Å². The highest BCUT2D eigenvalue weighted by molar-refractivity contribution is 5.82. The van der Waals surface area contributed by atoms with Crippen LogP contribution in [0.3, 0.4) is 0 Å². The first kappa shape index (κ1) is 19.8. The molecule has 2 heterocycles. The number of fused-ring (bicyclic) bond motifs is 1. The number of ether oxygens (including phenoxy) is 2. The summed E-state index contributed by atoms with van der Waals surface area (Å²) in [7, 11) is 3.31. The van der Waals surface area contributed by atoms with E-state index in [1.54, 1.807) is 14.2 Å². The van der Waals surface area contributed by atoms with Crippen molar-refractivity contribution in [1.29, 1.82) is 0 Å². The van der Waals surface area contributed by atoms with Crippen molar-refractivity contribution in [3.05, 3.63) is 58.7 Å². The Bertz CT molecular complexity index is 896. The Kier molecular flexibility index (Phi) is 5.76. The average molecular weight is 395 g/mol. The van der Waals surface area contributed by atoms with Gasteiger partial charge in [0, 0.05) is 19.6 Å². The molecule has 4 rings (SSSR count). The number of nitrogens with zero attached hydrogens (tertiary/aromatic N) is 2. The zero-order valence-electron chi connectivity index (χ0n) is 17.6. The highest BCUT2D eigenvalue weighted by atomic mass is 16.5. The van der Waals surface area contributed by atoms with Gasteiger partial charge in [0.05, 0.1) is 20.3 Å². The van der Waals surface area contributed by atoms with Gasteiger partial charge >= 0.3 is 0 Å². The first-order chi connectivity index (χ1) is 14.1. The molecule has 1 unspecified atom stereocenters. The molecule has 5 nitrogen and oxygen atoms in total. The maximum atomic E-state index is 13.4. The van der Waals surface area contributed by atoms with E-state index in [1.807, 2.05) is 11.0 Å². The molecule has 5 heteroatoms. The van der Waals surface area contributed by atoms with Crippen LogP contribution in [0.4, 0.5) is 0 Å². The van der Waals surface area contributed by atoms with Gasteiger partial charge in [-0.05, 0) is 61.6 Å². The van der Waals surface area contributed by atoms with Gasteiger partial charge < -0.3 is 14.4 Å². The maximum Gasteiger partial charge on any atom is 0.240 e. The molecule has 0 aliphatic carbocycles. The molecule has 154 valence electrons. The second-order valence-electron chi connectivity index (χ2n) is 8.10. The molecule has 1 fully saturated rings. The molecule has 0 N–H and O–H groups in total. The number of carbonyl (C=O) groups excluding carboxylic acids is 1. The third-order valence-electron chi connectivity index (χ3n) is 6.15. The maximum absolute atomic E-state index is 13.4. The van der Waals surface area contributed by atoms with Crippen LogP contribution in [-0.2, 0) is 24.3 Å². The number of likely N-dealkylation sites (tertiary alicyclic amines) is 1. The van der Waals surface area contributed by atoms with E-state index in [1.165, 1.54) is 16.7 Å². The van der Waals surface area contributed by atoms with E-state index in [0.717, 1.165) is 56.0 Å². The lowest BCUT2D eigenvalue weighted by Gasteiger charge is -2.34. The molecule has 1 atom stereocenters. The van der Waals surface area contributed by atoms with Crippen molar-refractivity contribution in [3.8, 4) is 11.5 Å². The van der Waals surface area contributed by atoms with E-state index in [-0.39, 0.29) is 11.9 Å². The monoisotopic (exact) mass is 394 g/mol. The molecule has 0 spiro atoms. The molecule has 0 bridgehead atoms. The molecular formula is C24H30N2O3. The fourth-order valence-corrected chi connectivity index (χ4v) is 4.62. The standard InChI is InChI=1S/C24H30N2O3/c1-17-6-4-7-18(12-17)15-25-10-5-8-21(25)24(27)26-11-9-19-13-22(28-2)23(29-3)14-20(19)16-26/h4,6-7,12-14,21H,5,8-11,15-16H2,1-3H3. The number of aryl methyl sites for hydroxylation is 1. The number of rotatable bonds is 5. The lowest BCUT2D eigenvalue weighted by Crippen LogP contribution is -2.47. The van der Waals surface area contributed by atoms with Crippen molar-refractivity contribution in [3.63, 3.8) is 0 Å². The first-order valence-electron chi connectivity index (χ1n) is 10.4. The Morgan fingerprint density at radius 1 is 1.07 bits per heavy atom. The van der Waals surface area contributed by atoms with Gasteiger partial charge in [0.2, 0.25) is 5.91 Å². The summed E-state index contributed by atoms with van der Waals surface area (Å²) in [5, 5.41) is 0. The van der Waals surface area contributed by atoms with Gasteiger partial charge in [0.1, 0.15) is 0 Å². The molecule has 0 radical (unpaired) electrons. The summed E-state index contributed by atoms with van der Waals surface area (Å²) in [4.78, 5) is 17.8. The number of benzene rings is 2. The van der Waals surface area contributed by atoms with Crippen LogP contribution >= 0.6 is 0 Å². The average Bonchev–Trinajstić information content (AvgIpc) is 3.19. The van der Waals surface area contributed by atoms with Crippen LogP contribution in [0.1, 0.15) is 35.1 Å². The minimum Gasteiger partial charge on any atom is -0.493 e. The number of hydrogen-bond acceptors (Lipinski definition) is 4. The molecule has 0 saturated carbocycles. The minimum absolute atomic E-state index is 0.0165. The van der Waals surface area contributed by atoms with E-state index in [4.69, 9.17) is 9.47 Å². The van der Waals surface area contributed by atoms with Crippen LogP contribution < -0.4 is 9.47 Å². The Morgan fingerprint density at radius 3 is 2.55 bits per heavy atom. The molecule has 2 aliphatic rings. The summed E-state index contributed by atoms with van der Waals surface area (Å²) >= 11 is 0. The second kappa shape index (κ2) is 8.46. The van der Waals surface area contributed by atoms with Crippen LogP contribution in [0, 0.1) is 6.92 Å². The van der Waals surface area contributed by atoms with Crippen molar-refractivity contribution < 1.29 is 14.3 Å². The summed E-state index contributed by atoms with van der Waals surface area (Å²) in [5.74, 6) is 1.74. The van der Waals surface area contributed by atoms with Gasteiger partial charge in [-0.1, -0.05) is 29.8 Å². The molecule has 2 aromatic carbocycles. The van der Waals surface area contributed by atoms with Crippen molar-refractivity contribution in [2.24, 2.45) is 0 Å². The number of hydrogen-bond donors (Lipinski definition) is 0. The third-order valence-corrected chi connectivity index (χ3v) is 6.15. The number of carbonyl (C=O) groups is 1. The van der Waals surface area contributed by atoms with Gasteiger partial charge in [0.15, 0.2) is 11.5 Å². The highest BCUT2D eigenvalue weighted by Gasteiger charge is 2.35. The zero-order valence-corrected chi connectivity index (χ0v) is 17.6. The topological polar surface area (TPSA) is 42.0 Å². The van der Waals surface area contributed by atoms with Crippen molar-refractivity contribution in [2.75, 3.05) is 27.3 Å². The Balaban J connectivity index is 1.48. The minimum atomic E-state index is -0.0165. The van der Waals surface area contributed by atoms with Crippen molar-refractivity contribution in [2.45, 2.75) is 45.3 Å². The summed E-state index contributed by atoms with van der Waals surface area (Å²) in [5.41, 5.74) is 4.95. The Hall–Kier alpha value is -2.53. The Morgan fingerprint density at radius 2 is 1.83 bits per heavy atom. The first-order valence-corrected chi connectivity index (χ1v) is 10.4. The zero-order chi connectivity index (χ0) is 20.4. The van der Waals surface area contributed by atoms with Crippen LogP contribution in [0.5, 0.6) is 11.5 Å². The summed E-state index contributed by atoms with van der Waals surface area (Å²) in [6, 6.07) is 12.6. The van der Waals surface area contributed by atoms with Gasteiger partial charge in [-0.3, -0.25) is 9.69 Å². The van der Waals surface area contributed by atoms with Crippen LogP contribution in [0.15, 0.2) is 36.4 Å². The van der Waals surface area contributed by atoms with E-state index in [2.05, 4.69) is 42.2 Å². The normalized spacial score (nSPS) is 19.1. The fourth-order valence-electron chi connectivity index (χ4n) is 4.62. The van der Waals surface area contributed by atoms with Crippen molar-refractivity contribution >= 4 is 5.91 Å². The van der Waals surface area contributed by atoms with Crippen LogP contribution in [-0.4, -0.2) is 49.1 Å². The van der Waals surface area contributed by atoms with E-state index >= 15 is 0 Å². The van der Waals surface area contributed by atoms with Crippen LogP contribution in [0.25, 0.3) is 0 Å². The predicted octanol–water partition coefficient (Wildman–Crippen LogP) is 3.56. The van der Waals surface area contributed by atoms with E-state index in [9.17, 15) is 4.79 Å². The number of amides is 1. The van der Waals surface area contributed by atoms with Gasteiger partial charge in [0.25, 0.3) is 0 Å². The van der Waals surface area contributed by atoms with Gasteiger partial charge in [-0.2, -0.15) is 0 Å². The van der Waals surface area contributed by atoms with E-state index in [0.29, 0.717) is 6.54 Å². The SMILES string of the molecule is COc1cc2c(cc1OC)CN(C(=O)C1CCCN1Cc1cccc(C)c1)CC2. The van der Waals surface area contributed by atoms with E-state index < -0.39 is 0 Å². The quantitative estimate of drug-likeness (QED) is 0.778. The smallest absolute Gasteiger partial charge is 0.240 e. The molecule has 2 aliphatic heterocycles. The molecule has 1 amide bonds. The molecule has 1 saturated heterocycles. The lowest BCUT2D eigenvalue weighted by molar-refractivity contribution is -0.137. The highest BCUT2D eigenvalue weighted by Crippen LogP contribution is 2.34. The summed E-state index contributed by atoms with van der Waals surface area (Å²) in [6.07, 6.45) is 2.88. The summed E-state index contributed by atoms with van der Waals surface area (Å²) in [6.45, 7) is 5.34. The van der Waals surface area contributed by atoms with Crippen molar-refractivity contribution in [1.82, 2.24) is 9.80 Å². The third kappa shape index (κ3) is 4.10. The predicted molar refractivity (Wildman–Crippen MR) is 113 cm³/mol. The lowest BCUT2D eigenvalue weighted by atomic mass is 9.98. The summed E-state index contributed by atoms with van der Waals surface area (Å²) < 4.78 is 10.9. The molecule has 0 aromatic heterocycles. The fraction of sp³-hybridized carbons (Fsp3) is 0.458. The van der Waals surface area contributed by atoms with Gasteiger partial charge in [-0.25, -0.2) is 0 Å².